The number of carbonyl (C=O) groups excluding carboxylic acids is 1. The third-order valence-corrected chi connectivity index (χ3v) is 3.31. The number of aromatic carboxylic acids is 1. The Morgan fingerprint density at radius 1 is 1.35 bits per heavy atom. The molecule has 0 spiro atoms. The summed E-state index contributed by atoms with van der Waals surface area (Å²) in [6.07, 6.45) is 2.36. The molecule has 20 heavy (non-hydrogen) atoms. The van der Waals surface area contributed by atoms with Gasteiger partial charge in [0.2, 0.25) is 0 Å². The van der Waals surface area contributed by atoms with Gasteiger partial charge >= 0.3 is 29.6 Å². The largest absolute Gasteiger partial charge is 1.00 e. The van der Waals surface area contributed by atoms with Crippen LogP contribution < -0.4 is 39.6 Å². The molecule has 5 heteroatoms. The van der Waals surface area contributed by atoms with E-state index >= 15 is 0 Å². The minimum atomic E-state index is -1.12. The van der Waals surface area contributed by atoms with Crippen LogP contribution in [0.2, 0.25) is 0 Å². The number of nitrogens with zero attached hydrogens (tertiary/aromatic N) is 1. The van der Waals surface area contributed by atoms with E-state index in [2.05, 4.69) is 4.90 Å². The summed E-state index contributed by atoms with van der Waals surface area (Å²) in [5.74, 6) is -1.12. The van der Waals surface area contributed by atoms with Gasteiger partial charge in [0.15, 0.2) is 0 Å². The molecule has 1 aromatic carbocycles. The zero-order valence-electron chi connectivity index (χ0n) is 12.5. The van der Waals surface area contributed by atoms with Crippen LogP contribution in [0.25, 0.3) is 0 Å². The molecule has 1 heterocycles. The SMILES string of the molecule is CC(C)OCc1ccc(N2CCCC2)c(C(=O)[O-])c1.[Na+]. The van der Waals surface area contributed by atoms with E-state index in [0.717, 1.165) is 37.2 Å². The Morgan fingerprint density at radius 3 is 2.55 bits per heavy atom. The fourth-order valence-corrected chi connectivity index (χ4v) is 2.33. The monoisotopic (exact) mass is 285 g/mol. The minimum absolute atomic E-state index is 0. The van der Waals surface area contributed by atoms with Crippen molar-refractivity contribution >= 4 is 11.7 Å². The number of anilines is 1. The molecule has 2 rings (SSSR count). The zero-order chi connectivity index (χ0) is 13.8. The Bertz CT molecular complexity index is 456. The molecule has 0 amide bonds. The first-order chi connectivity index (χ1) is 9.08. The van der Waals surface area contributed by atoms with Gasteiger partial charge in [0.25, 0.3) is 0 Å². The summed E-state index contributed by atoms with van der Waals surface area (Å²) in [6, 6.07) is 5.48. The number of hydrogen-bond acceptors (Lipinski definition) is 4. The maximum absolute atomic E-state index is 11.3. The standard InChI is InChI=1S/C15H21NO3.Na/c1-11(2)19-10-12-5-6-14(13(9-12)15(17)18)16-7-3-4-8-16;/h5-6,9,11H,3-4,7-8,10H2,1-2H3,(H,17,18);/q;+1/p-1. The van der Waals surface area contributed by atoms with Gasteiger partial charge in [-0.25, -0.2) is 0 Å². The van der Waals surface area contributed by atoms with E-state index in [4.69, 9.17) is 4.74 Å². The summed E-state index contributed by atoms with van der Waals surface area (Å²) in [5.41, 5.74) is 1.91. The quantitative estimate of drug-likeness (QED) is 0.623. The van der Waals surface area contributed by atoms with Crippen LogP contribution in [0.1, 0.15) is 42.6 Å². The summed E-state index contributed by atoms with van der Waals surface area (Å²) in [7, 11) is 0. The van der Waals surface area contributed by atoms with Crippen molar-refractivity contribution in [3.63, 3.8) is 0 Å². The summed E-state index contributed by atoms with van der Waals surface area (Å²) in [4.78, 5) is 13.4. The van der Waals surface area contributed by atoms with Crippen LogP contribution in [0, 0.1) is 0 Å². The molecule has 1 fully saturated rings. The molecule has 0 bridgehead atoms. The van der Waals surface area contributed by atoms with Crippen molar-refractivity contribution < 1.29 is 44.2 Å². The van der Waals surface area contributed by atoms with Crippen LogP contribution in [0.4, 0.5) is 5.69 Å². The maximum Gasteiger partial charge on any atom is 1.00 e. The number of carboxylic acids is 1. The van der Waals surface area contributed by atoms with E-state index < -0.39 is 5.97 Å². The molecule has 0 radical (unpaired) electrons. The van der Waals surface area contributed by atoms with Gasteiger partial charge in [0.05, 0.1) is 18.7 Å². The van der Waals surface area contributed by atoms with Gasteiger partial charge in [-0.15, -0.1) is 0 Å². The van der Waals surface area contributed by atoms with Gasteiger partial charge in [-0.1, -0.05) is 6.07 Å². The first kappa shape index (κ1) is 17.5. The van der Waals surface area contributed by atoms with Crippen LogP contribution in [-0.2, 0) is 11.3 Å². The Balaban J connectivity index is 0.00000200. The molecular weight excluding hydrogens is 265 g/mol. The summed E-state index contributed by atoms with van der Waals surface area (Å²) >= 11 is 0. The van der Waals surface area contributed by atoms with Crippen LogP contribution >= 0.6 is 0 Å². The first-order valence-corrected chi connectivity index (χ1v) is 6.78. The van der Waals surface area contributed by atoms with Gasteiger partial charge in [-0.3, -0.25) is 0 Å². The molecule has 4 nitrogen and oxygen atoms in total. The van der Waals surface area contributed by atoms with Crippen molar-refractivity contribution in [1.29, 1.82) is 0 Å². The topological polar surface area (TPSA) is 52.6 Å². The Kier molecular flexibility index (Phi) is 7.03. The molecule has 1 aliphatic heterocycles. The Hall–Kier alpha value is -0.550. The minimum Gasteiger partial charge on any atom is -0.545 e. The van der Waals surface area contributed by atoms with Crippen molar-refractivity contribution in [2.24, 2.45) is 0 Å². The number of rotatable bonds is 5. The van der Waals surface area contributed by atoms with E-state index in [-0.39, 0.29) is 41.2 Å². The number of hydrogen-bond donors (Lipinski definition) is 0. The van der Waals surface area contributed by atoms with Gasteiger partial charge in [-0.05, 0) is 44.4 Å². The van der Waals surface area contributed by atoms with Crippen LogP contribution in [0.15, 0.2) is 18.2 Å². The predicted octanol–water partition coefficient (Wildman–Crippen LogP) is -1.42. The van der Waals surface area contributed by atoms with E-state index in [9.17, 15) is 9.90 Å². The molecular formula is C15H20NNaO3. The van der Waals surface area contributed by atoms with Crippen molar-refractivity contribution in [2.45, 2.75) is 39.4 Å². The van der Waals surface area contributed by atoms with E-state index in [0.29, 0.717) is 6.61 Å². The van der Waals surface area contributed by atoms with E-state index in [1.165, 1.54) is 0 Å². The van der Waals surface area contributed by atoms with Crippen molar-refractivity contribution in [1.82, 2.24) is 0 Å². The number of carbonyl (C=O) groups is 1. The molecule has 1 saturated heterocycles. The molecule has 0 unspecified atom stereocenters. The molecule has 0 N–H and O–H groups in total. The van der Waals surface area contributed by atoms with Crippen LogP contribution in [0.5, 0.6) is 0 Å². The average molecular weight is 285 g/mol. The Labute approximate surface area is 142 Å². The molecule has 0 atom stereocenters. The summed E-state index contributed by atoms with van der Waals surface area (Å²) in [6.45, 7) is 6.18. The molecule has 0 aliphatic carbocycles. The average Bonchev–Trinajstić information content (AvgIpc) is 2.89. The second kappa shape index (κ2) is 8.03. The molecule has 1 aromatic rings. The number of ether oxygens (including phenoxy) is 1. The predicted molar refractivity (Wildman–Crippen MR) is 72.1 cm³/mol. The third-order valence-electron chi connectivity index (χ3n) is 3.31. The third kappa shape index (κ3) is 4.48. The van der Waals surface area contributed by atoms with E-state index in [1.54, 1.807) is 6.07 Å². The second-order valence-corrected chi connectivity index (χ2v) is 5.19. The molecule has 0 aromatic heterocycles. The van der Waals surface area contributed by atoms with Crippen LogP contribution in [0.3, 0.4) is 0 Å². The van der Waals surface area contributed by atoms with Crippen LogP contribution in [-0.4, -0.2) is 25.2 Å². The van der Waals surface area contributed by atoms with Crippen molar-refractivity contribution in [2.75, 3.05) is 18.0 Å². The Morgan fingerprint density at radius 2 is 2.00 bits per heavy atom. The summed E-state index contributed by atoms with van der Waals surface area (Å²) in [5, 5.41) is 11.3. The van der Waals surface area contributed by atoms with E-state index in [1.807, 2.05) is 26.0 Å². The number of benzene rings is 1. The normalized spacial score (nSPS) is 14.4. The second-order valence-electron chi connectivity index (χ2n) is 5.19. The maximum atomic E-state index is 11.3. The number of carboxylic acid groups (broad SMARTS) is 1. The zero-order valence-corrected chi connectivity index (χ0v) is 14.5. The van der Waals surface area contributed by atoms with Gasteiger partial charge in [0.1, 0.15) is 0 Å². The first-order valence-electron chi connectivity index (χ1n) is 6.78. The van der Waals surface area contributed by atoms with Gasteiger partial charge < -0.3 is 19.5 Å². The molecule has 1 aliphatic rings. The van der Waals surface area contributed by atoms with Gasteiger partial charge in [-0.2, -0.15) is 0 Å². The smallest absolute Gasteiger partial charge is 0.545 e. The van der Waals surface area contributed by atoms with Gasteiger partial charge in [0, 0.05) is 24.3 Å². The fraction of sp³-hybridized carbons (Fsp3) is 0.533. The molecule has 0 saturated carbocycles. The fourth-order valence-electron chi connectivity index (χ4n) is 2.33. The van der Waals surface area contributed by atoms with Crippen molar-refractivity contribution in [3.05, 3.63) is 29.3 Å². The van der Waals surface area contributed by atoms with Crippen molar-refractivity contribution in [3.8, 4) is 0 Å². The molecule has 104 valence electrons. The summed E-state index contributed by atoms with van der Waals surface area (Å²) < 4.78 is 5.50.